The number of thioether (sulfide) groups is 1. The third-order valence-electron chi connectivity index (χ3n) is 3.19. The lowest BCUT2D eigenvalue weighted by atomic mass is 10.1. The van der Waals surface area contributed by atoms with Crippen molar-refractivity contribution < 1.29 is 15.0 Å². The number of carboxylic acid groups (broad SMARTS) is 1. The van der Waals surface area contributed by atoms with Crippen molar-refractivity contribution >= 4 is 17.7 Å². The molecule has 0 aliphatic rings. The van der Waals surface area contributed by atoms with Crippen molar-refractivity contribution in [2.45, 2.75) is 30.1 Å². The molecule has 0 amide bonds. The topological polar surface area (TPSA) is 57.5 Å². The van der Waals surface area contributed by atoms with Crippen LogP contribution in [0.4, 0.5) is 0 Å². The molecule has 0 bridgehead atoms. The number of aliphatic hydroxyl groups is 1. The van der Waals surface area contributed by atoms with E-state index in [4.69, 9.17) is 5.11 Å². The highest BCUT2D eigenvalue weighted by atomic mass is 32.2. The summed E-state index contributed by atoms with van der Waals surface area (Å²) >= 11 is 1.64. The Kier molecular flexibility index (Phi) is 5.42. The van der Waals surface area contributed by atoms with E-state index in [0.717, 1.165) is 21.6 Å². The highest BCUT2D eigenvalue weighted by molar-refractivity contribution is 7.98. The molecule has 4 heteroatoms. The fraction of sp³-hybridized carbons (Fsp3) is 0.235. The zero-order chi connectivity index (χ0) is 15.2. The van der Waals surface area contributed by atoms with Gasteiger partial charge in [0, 0.05) is 10.6 Å². The molecule has 2 aromatic rings. The van der Waals surface area contributed by atoms with Gasteiger partial charge in [-0.2, -0.15) is 0 Å². The van der Waals surface area contributed by atoms with E-state index in [2.05, 4.69) is 0 Å². The minimum atomic E-state index is -0.816. The predicted molar refractivity (Wildman–Crippen MR) is 84.4 cm³/mol. The molecule has 0 aromatic heterocycles. The van der Waals surface area contributed by atoms with E-state index >= 15 is 0 Å². The van der Waals surface area contributed by atoms with Crippen molar-refractivity contribution in [3.8, 4) is 0 Å². The lowest BCUT2D eigenvalue weighted by Gasteiger charge is -2.09. The molecule has 1 atom stereocenters. The average Bonchev–Trinajstić information content (AvgIpc) is 2.46. The normalized spacial score (nSPS) is 12.1. The fourth-order valence-corrected chi connectivity index (χ4v) is 3.06. The molecule has 1 unspecified atom stereocenters. The molecule has 0 fully saturated rings. The largest absolute Gasteiger partial charge is 0.481 e. The molecular weight excluding hydrogens is 284 g/mol. The van der Waals surface area contributed by atoms with E-state index in [0.29, 0.717) is 5.75 Å². The zero-order valence-corrected chi connectivity index (χ0v) is 12.6. The van der Waals surface area contributed by atoms with Crippen LogP contribution >= 0.6 is 11.8 Å². The first-order valence-corrected chi connectivity index (χ1v) is 7.74. The van der Waals surface area contributed by atoms with E-state index < -0.39 is 12.1 Å². The first kappa shape index (κ1) is 15.6. The molecule has 0 saturated heterocycles. The van der Waals surface area contributed by atoms with Gasteiger partial charge in [0.2, 0.25) is 0 Å². The Labute approximate surface area is 128 Å². The van der Waals surface area contributed by atoms with E-state index in [1.807, 2.05) is 48.5 Å². The summed E-state index contributed by atoms with van der Waals surface area (Å²) in [6, 6.07) is 15.4. The van der Waals surface area contributed by atoms with Crippen LogP contribution in [0.1, 0.15) is 29.7 Å². The van der Waals surface area contributed by atoms with E-state index in [-0.39, 0.29) is 6.42 Å². The van der Waals surface area contributed by atoms with Crippen LogP contribution in [0, 0.1) is 0 Å². The Bertz CT molecular complexity index is 623. The van der Waals surface area contributed by atoms with Crippen LogP contribution in [0.25, 0.3) is 0 Å². The molecule has 21 heavy (non-hydrogen) atoms. The molecule has 0 spiro atoms. The van der Waals surface area contributed by atoms with Crippen LogP contribution in [0.5, 0.6) is 0 Å². The minimum absolute atomic E-state index is 0.0461. The van der Waals surface area contributed by atoms with Crippen LogP contribution in [-0.2, 0) is 17.0 Å². The van der Waals surface area contributed by atoms with Gasteiger partial charge in [-0.15, -0.1) is 11.8 Å². The average molecular weight is 302 g/mol. The maximum Gasteiger partial charge on any atom is 0.307 e. The molecule has 2 rings (SSSR count). The van der Waals surface area contributed by atoms with Crippen molar-refractivity contribution in [1.29, 1.82) is 0 Å². The van der Waals surface area contributed by atoms with Crippen LogP contribution < -0.4 is 0 Å². The predicted octanol–water partition coefficient (Wildman–Crippen LogP) is 3.66. The summed E-state index contributed by atoms with van der Waals surface area (Å²) in [5, 5.41) is 18.5. The van der Waals surface area contributed by atoms with Crippen molar-refractivity contribution in [1.82, 2.24) is 0 Å². The highest BCUT2D eigenvalue weighted by Gasteiger charge is 2.07. The number of carbonyl (C=O) groups is 1. The Morgan fingerprint density at radius 1 is 1.14 bits per heavy atom. The Morgan fingerprint density at radius 2 is 1.86 bits per heavy atom. The summed E-state index contributed by atoms with van der Waals surface area (Å²) in [6.45, 7) is 1.74. The van der Waals surface area contributed by atoms with Crippen molar-refractivity contribution in [2.75, 3.05) is 0 Å². The molecular formula is C17H18O3S. The molecule has 0 saturated carbocycles. The molecule has 0 aliphatic heterocycles. The van der Waals surface area contributed by atoms with Gasteiger partial charge >= 0.3 is 5.97 Å². The molecule has 3 nitrogen and oxygen atoms in total. The summed E-state index contributed by atoms with van der Waals surface area (Å²) in [7, 11) is 0. The number of carboxylic acids is 1. The van der Waals surface area contributed by atoms with Gasteiger partial charge in [0.25, 0.3) is 0 Å². The van der Waals surface area contributed by atoms with Gasteiger partial charge in [-0.1, -0.05) is 36.4 Å². The number of hydrogen-bond donors (Lipinski definition) is 2. The summed E-state index contributed by atoms with van der Waals surface area (Å²) < 4.78 is 0. The second-order valence-corrected chi connectivity index (χ2v) is 5.93. The second kappa shape index (κ2) is 7.29. The van der Waals surface area contributed by atoms with Gasteiger partial charge in [0.05, 0.1) is 12.5 Å². The van der Waals surface area contributed by atoms with Gasteiger partial charge in [0.15, 0.2) is 0 Å². The molecule has 2 aromatic carbocycles. The summed E-state index contributed by atoms with van der Waals surface area (Å²) in [5.41, 5.74) is 2.77. The van der Waals surface area contributed by atoms with Gasteiger partial charge in [-0.3, -0.25) is 4.79 Å². The smallest absolute Gasteiger partial charge is 0.307 e. The SMILES string of the molecule is CC(O)c1cccc(SCc2ccccc2CC(=O)O)c1. The van der Waals surface area contributed by atoms with Crippen LogP contribution in [0.2, 0.25) is 0 Å². The van der Waals surface area contributed by atoms with Crippen molar-refractivity contribution in [2.24, 2.45) is 0 Å². The van der Waals surface area contributed by atoms with Gasteiger partial charge in [0.1, 0.15) is 0 Å². The number of aliphatic carboxylic acids is 1. The quantitative estimate of drug-likeness (QED) is 0.800. The van der Waals surface area contributed by atoms with Crippen LogP contribution in [-0.4, -0.2) is 16.2 Å². The highest BCUT2D eigenvalue weighted by Crippen LogP contribution is 2.27. The molecule has 0 aliphatic carbocycles. The standard InChI is InChI=1S/C17H18O3S/c1-12(18)13-7-4-8-16(9-13)21-11-15-6-3-2-5-14(15)10-17(19)20/h2-9,12,18H,10-11H2,1H3,(H,19,20). The number of aliphatic hydroxyl groups excluding tert-OH is 1. The molecule has 110 valence electrons. The van der Waals surface area contributed by atoms with Crippen molar-refractivity contribution in [3.05, 3.63) is 65.2 Å². The lowest BCUT2D eigenvalue weighted by Crippen LogP contribution is -2.02. The Hall–Kier alpha value is -1.78. The number of hydrogen-bond acceptors (Lipinski definition) is 3. The molecule has 2 N–H and O–H groups in total. The monoisotopic (exact) mass is 302 g/mol. The van der Waals surface area contributed by atoms with Gasteiger partial charge in [-0.05, 0) is 35.7 Å². The van der Waals surface area contributed by atoms with Crippen LogP contribution in [0.15, 0.2) is 53.4 Å². The number of rotatable bonds is 6. The maximum atomic E-state index is 10.9. The Morgan fingerprint density at radius 3 is 2.52 bits per heavy atom. The third kappa shape index (κ3) is 4.62. The van der Waals surface area contributed by atoms with Gasteiger partial charge < -0.3 is 10.2 Å². The fourth-order valence-electron chi connectivity index (χ4n) is 2.06. The third-order valence-corrected chi connectivity index (χ3v) is 4.24. The lowest BCUT2D eigenvalue weighted by molar-refractivity contribution is -0.136. The summed E-state index contributed by atoms with van der Waals surface area (Å²) in [4.78, 5) is 11.9. The van der Waals surface area contributed by atoms with E-state index in [9.17, 15) is 9.90 Å². The molecule has 0 heterocycles. The maximum absolute atomic E-state index is 10.9. The van der Waals surface area contributed by atoms with Gasteiger partial charge in [-0.25, -0.2) is 0 Å². The second-order valence-electron chi connectivity index (χ2n) is 4.88. The Balaban J connectivity index is 2.09. The first-order valence-electron chi connectivity index (χ1n) is 6.75. The van der Waals surface area contributed by atoms with Crippen LogP contribution in [0.3, 0.4) is 0 Å². The molecule has 0 radical (unpaired) electrons. The zero-order valence-electron chi connectivity index (χ0n) is 11.8. The summed E-state index contributed by atoms with van der Waals surface area (Å²) in [5.74, 6) is -0.101. The van der Waals surface area contributed by atoms with E-state index in [1.165, 1.54) is 0 Å². The first-order chi connectivity index (χ1) is 10.1. The van der Waals surface area contributed by atoms with E-state index in [1.54, 1.807) is 18.7 Å². The number of benzene rings is 2. The van der Waals surface area contributed by atoms with Crippen molar-refractivity contribution in [3.63, 3.8) is 0 Å². The summed E-state index contributed by atoms with van der Waals surface area (Å²) in [6.07, 6.45) is -0.436. The minimum Gasteiger partial charge on any atom is -0.481 e.